The Balaban J connectivity index is 3.00. The van der Waals surface area contributed by atoms with Gasteiger partial charge in [-0.1, -0.05) is 5.21 Å². The van der Waals surface area contributed by atoms with Crippen molar-refractivity contribution in [2.45, 2.75) is 6.10 Å². The number of aromatic nitrogens is 3. The topological polar surface area (TPSA) is 77.2 Å². The number of carbonyl (C=O) groups is 1. The molecule has 0 saturated heterocycles. The number of rotatable bonds is 2. The number of carbonyl (C=O) groups excluding carboxylic acids is 1. The molecular weight excluding hydrogens is 242 g/mol. The molecule has 0 radical (unpaired) electrons. The molecule has 13 heavy (non-hydrogen) atoms. The molecule has 7 heteroatoms. The number of aryl methyl sites for hydroxylation is 1. The van der Waals surface area contributed by atoms with Crippen LogP contribution in [0.3, 0.4) is 0 Å². The summed E-state index contributed by atoms with van der Waals surface area (Å²) in [5.74, 6) is -0.744. The van der Waals surface area contributed by atoms with Gasteiger partial charge in [-0.25, -0.2) is 9.48 Å². The summed E-state index contributed by atoms with van der Waals surface area (Å²) in [6.45, 7) is 0. The lowest BCUT2D eigenvalue weighted by Gasteiger charge is -2.07. The van der Waals surface area contributed by atoms with Gasteiger partial charge in [-0.05, 0) is 15.9 Å². The Bertz CT molecular complexity index is 305. The fraction of sp³-hybridized carbons (Fsp3) is 0.500. The molecule has 1 heterocycles. The van der Waals surface area contributed by atoms with Crippen molar-refractivity contribution in [2.24, 2.45) is 7.05 Å². The van der Waals surface area contributed by atoms with Gasteiger partial charge in [-0.3, -0.25) is 0 Å². The summed E-state index contributed by atoms with van der Waals surface area (Å²) in [6.07, 6.45) is -1.36. The van der Waals surface area contributed by atoms with E-state index in [1.54, 1.807) is 7.05 Å². The minimum Gasteiger partial charge on any atom is -0.467 e. The molecule has 1 rings (SSSR count). The predicted molar refractivity (Wildman–Crippen MR) is 45.7 cm³/mol. The van der Waals surface area contributed by atoms with Crippen LogP contribution in [0.4, 0.5) is 0 Å². The molecule has 1 unspecified atom stereocenters. The first-order valence-corrected chi connectivity index (χ1v) is 4.18. The van der Waals surface area contributed by atoms with Crippen LogP contribution < -0.4 is 0 Å². The highest BCUT2D eigenvalue weighted by Crippen LogP contribution is 2.20. The van der Waals surface area contributed by atoms with Crippen LogP contribution in [0, 0.1) is 0 Å². The highest BCUT2D eigenvalue weighted by Gasteiger charge is 2.25. The third-order valence-corrected chi connectivity index (χ3v) is 2.07. The largest absolute Gasteiger partial charge is 0.467 e. The molecule has 0 saturated carbocycles. The molecule has 0 aromatic carbocycles. The molecule has 1 atom stereocenters. The summed E-state index contributed by atoms with van der Waals surface area (Å²) in [5.41, 5.74) is 0.270. The lowest BCUT2D eigenvalue weighted by molar-refractivity contribution is -0.151. The molecule has 0 spiro atoms. The number of methoxy groups -OCH3 is 1. The molecule has 1 aromatic heterocycles. The second kappa shape index (κ2) is 3.84. The van der Waals surface area contributed by atoms with Crippen molar-refractivity contribution in [2.75, 3.05) is 7.11 Å². The second-order valence-electron chi connectivity index (χ2n) is 2.31. The molecule has 0 aliphatic carbocycles. The number of aliphatic hydroxyl groups is 1. The first-order chi connectivity index (χ1) is 6.07. The van der Waals surface area contributed by atoms with Crippen LogP contribution in [0.15, 0.2) is 4.60 Å². The Morgan fingerprint density at radius 2 is 2.38 bits per heavy atom. The van der Waals surface area contributed by atoms with E-state index in [0.717, 1.165) is 0 Å². The first kappa shape index (κ1) is 10.1. The van der Waals surface area contributed by atoms with E-state index in [9.17, 15) is 9.90 Å². The van der Waals surface area contributed by atoms with Crippen molar-refractivity contribution in [3.05, 3.63) is 10.3 Å². The Hall–Kier alpha value is -0.950. The predicted octanol–water partition coefficient (Wildman–Crippen LogP) is -0.216. The highest BCUT2D eigenvalue weighted by molar-refractivity contribution is 9.10. The maximum atomic E-state index is 11.0. The quantitative estimate of drug-likeness (QED) is 0.734. The molecular formula is C6H8BrN3O3. The highest BCUT2D eigenvalue weighted by atomic mass is 79.9. The first-order valence-electron chi connectivity index (χ1n) is 3.39. The van der Waals surface area contributed by atoms with E-state index in [2.05, 4.69) is 31.0 Å². The average Bonchev–Trinajstić information content (AvgIpc) is 2.44. The zero-order chi connectivity index (χ0) is 10.0. The van der Waals surface area contributed by atoms with E-state index < -0.39 is 12.1 Å². The van der Waals surface area contributed by atoms with Crippen molar-refractivity contribution in [1.82, 2.24) is 15.0 Å². The second-order valence-corrected chi connectivity index (χ2v) is 3.07. The summed E-state index contributed by atoms with van der Waals surface area (Å²) >= 11 is 3.05. The number of hydrogen-bond acceptors (Lipinski definition) is 5. The van der Waals surface area contributed by atoms with Crippen molar-refractivity contribution in [3.63, 3.8) is 0 Å². The van der Waals surface area contributed by atoms with Crippen molar-refractivity contribution in [3.8, 4) is 0 Å². The summed E-state index contributed by atoms with van der Waals surface area (Å²) in [7, 11) is 2.77. The van der Waals surface area contributed by atoms with Gasteiger partial charge in [0, 0.05) is 7.05 Å². The van der Waals surface area contributed by atoms with Gasteiger partial charge in [0.25, 0.3) is 0 Å². The molecule has 0 aliphatic heterocycles. The number of ether oxygens (including phenoxy) is 1. The van der Waals surface area contributed by atoms with Crippen LogP contribution >= 0.6 is 15.9 Å². The van der Waals surface area contributed by atoms with Gasteiger partial charge in [-0.15, -0.1) is 5.10 Å². The van der Waals surface area contributed by atoms with Gasteiger partial charge >= 0.3 is 5.97 Å². The normalized spacial score (nSPS) is 12.6. The van der Waals surface area contributed by atoms with Crippen LogP contribution in [-0.4, -0.2) is 33.2 Å². The van der Waals surface area contributed by atoms with Gasteiger partial charge in [-0.2, -0.15) is 0 Å². The molecule has 72 valence electrons. The van der Waals surface area contributed by atoms with Crippen LogP contribution in [0.5, 0.6) is 0 Å². The maximum absolute atomic E-state index is 11.0. The standard InChI is InChI=1S/C6H8BrN3O3/c1-10-3(5(7)8-9-10)4(11)6(12)13-2/h4,11H,1-2H3. The van der Waals surface area contributed by atoms with E-state index in [1.165, 1.54) is 11.8 Å². The SMILES string of the molecule is COC(=O)C(O)c1c(Br)nnn1C. The van der Waals surface area contributed by atoms with Gasteiger partial charge in [0.2, 0.25) is 0 Å². The minimum atomic E-state index is -1.36. The van der Waals surface area contributed by atoms with E-state index in [-0.39, 0.29) is 5.69 Å². The molecule has 0 bridgehead atoms. The van der Waals surface area contributed by atoms with Gasteiger partial charge in [0.15, 0.2) is 10.7 Å². The third-order valence-electron chi connectivity index (χ3n) is 1.51. The summed E-state index contributed by atoms with van der Waals surface area (Å²) in [4.78, 5) is 11.0. The zero-order valence-electron chi connectivity index (χ0n) is 7.06. The van der Waals surface area contributed by atoms with Crippen LogP contribution in [0.1, 0.15) is 11.8 Å². The Kier molecular flexibility index (Phi) is 2.99. The van der Waals surface area contributed by atoms with Crippen molar-refractivity contribution < 1.29 is 14.6 Å². The smallest absolute Gasteiger partial charge is 0.341 e. The Morgan fingerprint density at radius 3 is 2.77 bits per heavy atom. The molecule has 1 aromatic rings. The molecule has 0 fully saturated rings. The van der Waals surface area contributed by atoms with Gasteiger partial charge in [0.05, 0.1) is 7.11 Å². The lowest BCUT2D eigenvalue weighted by Crippen LogP contribution is -2.17. The van der Waals surface area contributed by atoms with Gasteiger partial charge in [0.1, 0.15) is 5.69 Å². The number of nitrogens with zero attached hydrogens (tertiary/aromatic N) is 3. The minimum absolute atomic E-state index is 0.270. The summed E-state index contributed by atoms with van der Waals surface area (Å²) in [6, 6.07) is 0. The number of esters is 1. The van der Waals surface area contributed by atoms with E-state index in [0.29, 0.717) is 4.60 Å². The van der Waals surface area contributed by atoms with Crippen LogP contribution in [0.2, 0.25) is 0 Å². The summed E-state index contributed by atoms with van der Waals surface area (Å²) in [5, 5.41) is 16.7. The molecule has 0 aliphatic rings. The number of aliphatic hydroxyl groups excluding tert-OH is 1. The van der Waals surface area contributed by atoms with Crippen molar-refractivity contribution >= 4 is 21.9 Å². The van der Waals surface area contributed by atoms with Crippen molar-refractivity contribution in [1.29, 1.82) is 0 Å². The van der Waals surface area contributed by atoms with Crippen LogP contribution in [0.25, 0.3) is 0 Å². The summed E-state index contributed by atoms with van der Waals surface area (Å²) < 4.78 is 5.99. The van der Waals surface area contributed by atoms with E-state index in [4.69, 9.17) is 0 Å². The van der Waals surface area contributed by atoms with E-state index in [1.807, 2.05) is 0 Å². The van der Waals surface area contributed by atoms with Gasteiger partial charge < -0.3 is 9.84 Å². The fourth-order valence-corrected chi connectivity index (χ4v) is 1.40. The Labute approximate surface area is 82.6 Å². The molecule has 6 nitrogen and oxygen atoms in total. The third kappa shape index (κ3) is 1.86. The number of halogens is 1. The van der Waals surface area contributed by atoms with Crippen LogP contribution in [-0.2, 0) is 16.6 Å². The fourth-order valence-electron chi connectivity index (χ4n) is 0.852. The number of hydrogen-bond donors (Lipinski definition) is 1. The zero-order valence-corrected chi connectivity index (χ0v) is 8.65. The average molecular weight is 250 g/mol. The maximum Gasteiger partial charge on any atom is 0.341 e. The lowest BCUT2D eigenvalue weighted by atomic mass is 10.3. The molecule has 0 amide bonds. The Morgan fingerprint density at radius 1 is 1.77 bits per heavy atom. The monoisotopic (exact) mass is 249 g/mol. The van der Waals surface area contributed by atoms with E-state index >= 15 is 0 Å². The molecule has 1 N–H and O–H groups in total.